The molecule has 13 rings (SSSR count). The molecule has 0 saturated heterocycles. The van der Waals surface area contributed by atoms with Crippen LogP contribution in [-0.4, -0.2) is 153 Å². The van der Waals surface area contributed by atoms with Crippen LogP contribution >= 0.6 is 0 Å². The summed E-state index contributed by atoms with van der Waals surface area (Å²) < 4.78 is 28.0. The zero-order valence-electron chi connectivity index (χ0n) is 66.3. The minimum absolute atomic E-state index is 0.0507. The van der Waals surface area contributed by atoms with Gasteiger partial charge < -0.3 is 45.2 Å². The number of aliphatic carboxylic acids is 1. The molecule has 9 N–H and O–H groups in total. The number of aromatic nitrogens is 11. The molecule has 7 heterocycles. The van der Waals surface area contributed by atoms with Gasteiger partial charge in [-0.15, -0.1) is 0 Å². The summed E-state index contributed by atoms with van der Waals surface area (Å²) in [5.41, 5.74) is 22.6. The van der Waals surface area contributed by atoms with Crippen LogP contribution in [-0.2, 0) is 79.6 Å². The van der Waals surface area contributed by atoms with Gasteiger partial charge in [-0.3, -0.25) is 72.7 Å². The Morgan fingerprint density at radius 3 is 1.17 bits per heavy atom. The average molecular weight is 1620 g/mol. The minimum Gasteiger partial charge on any atom is -0.481 e. The first kappa shape index (κ1) is 86.4. The van der Waals surface area contributed by atoms with Crippen LogP contribution < -0.4 is 43.0 Å². The fourth-order valence-corrected chi connectivity index (χ4v) is 12.4. The maximum Gasteiger partial charge on any atom is 0.439 e. The molecule has 0 radical (unpaired) electrons. The molecule has 0 aliphatic heterocycles. The van der Waals surface area contributed by atoms with Gasteiger partial charge >= 0.3 is 35.4 Å². The Morgan fingerprint density at radius 1 is 0.479 bits per heavy atom. The summed E-state index contributed by atoms with van der Waals surface area (Å²) in [7, 11) is 5.67. The van der Waals surface area contributed by atoms with E-state index in [1.54, 1.807) is 168 Å². The number of fused-ring (bicyclic) bond motifs is 2. The second-order valence-electron chi connectivity index (χ2n) is 26.5. The number of carbonyl (C=O) groups excluding carboxylic acids is 6. The van der Waals surface area contributed by atoms with Crippen LogP contribution in [0.3, 0.4) is 0 Å². The Morgan fingerprint density at radius 2 is 0.840 bits per heavy atom. The number of rotatable bonds is 31. The number of hydrogen-bond donors (Lipinski definition) is 7. The van der Waals surface area contributed by atoms with E-state index in [0.29, 0.717) is 95.0 Å². The highest BCUT2D eigenvalue weighted by Gasteiger charge is 2.26. The van der Waals surface area contributed by atoms with Gasteiger partial charge in [-0.25, -0.2) is 34.5 Å². The number of amides is 3. The standard InChI is InChI=1S/C29H28N6O5.C28H30N6O3.C18H22N4O3.C11H10N2O4/c1-3-39-26(36)15-17-35(24-6-4-5-16-30-24)28(37)21-12-13-23-22(18-21)31-25(34(23)2)14-9-19-7-10-20(11-8-19)27-32-29(38)40-33-27;1-3-37-26(35)15-17-34(24-6-4-5-16-31-24)28(36)21-12-13-23-22(18-21)32-25(33(23)2)14-9-19-7-10-20(11-8-19)27(29)30;1-3-25-17(23)9-11-22(16-6-4-5-10-21-16)18(24)13-7-8-15(20-2)14(19)12-13;14-9(15)6-3-7-1-4-8(5-2-7)10-12-11(16)17-13-10/h4-8,10-13,16,18H,3,9,14-15,17H2,1-2H3,(H,32,33,38);4-8,10-13,16,18H,3,9,14-15,17H2,1-2H3,(H3,29,30);4-8,10,12,20H,3,9,11,19H2,1-2H3;1-2,4-5H,3,6H2,(H,14,15)(H,12,13,16). The number of carboxylic acid groups (broad SMARTS) is 1. The van der Waals surface area contributed by atoms with Crippen molar-refractivity contribution in [2.75, 3.05) is 72.3 Å². The Labute approximate surface area is 682 Å². The van der Waals surface area contributed by atoms with Gasteiger partial charge in [0, 0.05) is 112 Å². The molecular weight excluding hydrogens is 1530 g/mol. The Hall–Kier alpha value is -15.1. The number of H-pyrrole nitrogens is 2. The molecule has 0 spiro atoms. The van der Waals surface area contributed by atoms with Gasteiger partial charge in [0.25, 0.3) is 17.7 Å². The number of carboxylic acids is 1. The number of nitrogens with zero attached hydrogens (tertiary/aromatic N) is 12. The van der Waals surface area contributed by atoms with Gasteiger partial charge in [0.2, 0.25) is 0 Å². The lowest BCUT2D eigenvalue weighted by Crippen LogP contribution is -2.34. The predicted octanol–water partition coefficient (Wildman–Crippen LogP) is 10.7. The topological polar surface area (TPSA) is 457 Å². The number of hydrogen-bond acceptors (Lipinski definition) is 24. The van der Waals surface area contributed by atoms with Crippen LogP contribution in [0.2, 0.25) is 0 Å². The maximum atomic E-state index is 13.6. The number of aromatic amines is 2. The second-order valence-corrected chi connectivity index (χ2v) is 26.5. The number of esters is 3. The lowest BCUT2D eigenvalue weighted by atomic mass is 10.1. The molecule has 33 heteroatoms. The zero-order chi connectivity index (χ0) is 84.9. The SMILES string of the molecule is CCOC(=O)CCN(C(=O)c1ccc(NC)c(N)c1)c1ccccn1.CCOC(=O)CCN(C(=O)c1ccc2c(c1)nc(CCc1ccc(-c3noc(=O)[nH]3)cc1)n2C)c1ccccn1.CCOC(=O)CCN(C(=O)c1ccc2c(c1)nc(CCc1ccc(C(=N)N)cc1)n2C)c1ccccn1.O=C(O)CCc1ccc(-c2noc(=O)[nH]2)cc1. The van der Waals surface area contributed by atoms with E-state index in [1.807, 2.05) is 83.9 Å². The van der Waals surface area contributed by atoms with Gasteiger partial charge in [0.05, 0.1) is 72.5 Å². The van der Waals surface area contributed by atoms with Crippen molar-refractivity contribution in [2.24, 2.45) is 19.8 Å². The number of nitrogens with two attached hydrogens (primary N) is 2. The summed E-state index contributed by atoms with van der Waals surface area (Å²) in [6, 6.07) is 54.2. The molecule has 0 aliphatic rings. The predicted molar refractivity (Wildman–Crippen MR) is 447 cm³/mol. The summed E-state index contributed by atoms with van der Waals surface area (Å²) >= 11 is 0. The van der Waals surface area contributed by atoms with Crippen molar-refractivity contribution in [1.82, 2.24) is 54.3 Å². The first-order chi connectivity index (χ1) is 57.5. The van der Waals surface area contributed by atoms with Crippen LogP contribution in [0.25, 0.3) is 44.8 Å². The van der Waals surface area contributed by atoms with Gasteiger partial charge in [0.1, 0.15) is 34.9 Å². The van der Waals surface area contributed by atoms with Crippen molar-refractivity contribution in [2.45, 2.75) is 78.6 Å². The molecule has 0 bridgehead atoms. The number of benzene rings is 6. The molecule has 3 amide bonds. The smallest absolute Gasteiger partial charge is 0.439 e. The molecule has 0 fully saturated rings. The molecular formula is C86H90N18O15. The number of anilines is 5. The molecule has 0 saturated carbocycles. The van der Waals surface area contributed by atoms with Gasteiger partial charge in [0.15, 0.2) is 11.6 Å². The monoisotopic (exact) mass is 1610 g/mol. The van der Waals surface area contributed by atoms with Gasteiger partial charge in [-0.1, -0.05) is 101 Å². The third-order valence-electron chi connectivity index (χ3n) is 18.6. The number of imidazole rings is 2. The van der Waals surface area contributed by atoms with E-state index < -0.39 is 17.5 Å². The normalized spacial score (nSPS) is 10.7. The van der Waals surface area contributed by atoms with Crippen LogP contribution in [0.1, 0.15) is 111 Å². The number of ether oxygens (including phenoxy) is 3. The number of pyridine rings is 3. The summed E-state index contributed by atoms with van der Waals surface area (Å²) in [5.74, 6) is 0.0493. The van der Waals surface area contributed by atoms with Crippen molar-refractivity contribution in [3.8, 4) is 22.8 Å². The summed E-state index contributed by atoms with van der Waals surface area (Å²) in [6.07, 6.45) is 8.54. The van der Waals surface area contributed by atoms with Crippen molar-refractivity contribution < 1.29 is 61.9 Å². The highest BCUT2D eigenvalue weighted by atomic mass is 16.5. The van der Waals surface area contributed by atoms with E-state index in [9.17, 15) is 43.2 Å². The highest BCUT2D eigenvalue weighted by Crippen LogP contribution is 2.27. The van der Waals surface area contributed by atoms with Crippen LogP contribution in [0, 0.1) is 5.41 Å². The molecule has 7 aromatic heterocycles. The molecule has 614 valence electrons. The Balaban J connectivity index is 0.000000174. The lowest BCUT2D eigenvalue weighted by molar-refractivity contribution is -0.143. The van der Waals surface area contributed by atoms with E-state index >= 15 is 0 Å². The van der Waals surface area contributed by atoms with E-state index in [1.165, 1.54) is 14.7 Å². The lowest BCUT2D eigenvalue weighted by Gasteiger charge is -2.22. The van der Waals surface area contributed by atoms with Crippen LogP contribution in [0.4, 0.5) is 28.8 Å². The Kier molecular flexibility index (Phi) is 30.7. The molecule has 33 nitrogen and oxygen atoms in total. The molecule has 0 aliphatic carbocycles. The molecule has 13 aromatic rings. The third kappa shape index (κ3) is 24.0. The number of aryl methyl sites for hydroxylation is 7. The van der Waals surface area contributed by atoms with Crippen molar-refractivity contribution in [1.29, 1.82) is 5.41 Å². The van der Waals surface area contributed by atoms with E-state index in [-0.39, 0.29) is 93.4 Å². The number of nitrogen functional groups attached to an aromatic ring is 2. The van der Waals surface area contributed by atoms with Crippen molar-refractivity contribution in [3.05, 3.63) is 272 Å². The average Bonchev–Trinajstić information content (AvgIpc) is 1.62. The fourth-order valence-electron chi connectivity index (χ4n) is 12.4. The Bertz CT molecular complexity index is 5750. The largest absolute Gasteiger partial charge is 0.481 e. The molecule has 0 atom stereocenters. The molecule has 0 unspecified atom stereocenters. The summed E-state index contributed by atoms with van der Waals surface area (Å²) in [6.45, 7) is 6.58. The fraction of sp³-hybridized carbons (Fsp3) is 0.244. The highest BCUT2D eigenvalue weighted by molar-refractivity contribution is 6.09. The first-order valence-corrected chi connectivity index (χ1v) is 38.1. The van der Waals surface area contributed by atoms with E-state index in [0.717, 1.165) is 74.5 Å². The quantitative estimate of drug-likeness (QED) is 0.00697. The zero-order valence-corrected chi connectivity index (χ0v) is 66.3. The van der Waals surface area contributed by atoms with E-state index in [2.05, 4.69) is 49.6 Å². The molecule has 6 aromatic carbocycles. The summed E-state index contributed by atoms with van der Waals surface area (Å²) in [4.78, 5) is 140. The second kappa shape index (κ2) is 42.4. The van der Waals surface area contributed by atoms with Crippen LogP contribution in [0.5, 0.6) is 0 Å². The summed E-state index contributed by atoms with van der Waals surface area (Å²) in [5, 5.41) is 26.3. The minimum atomic E-state index is -0.824. The number of carbonyl (C=O) groups is 7. The van der Waals surface area contributed by atoms with Crippen LogP contribution in [0.15, 0.2) is 219 Å². The van der Waals surface area contributed by atoms with E-state index in [4.69, 9.17) is 46.2 Å². The van der Waals surface area contributed by atoms with Gasteiger partial charge in [-0.2, -0.15) is 0 Å². The van der Waals surface area contributed by atoms with Crippen molar-refractivity contribution in [3.63, 3.8) is 0 Å². The first-order valence-electron chi connectivity index (χ1n) is 38.1. The van der Waals surface area contributed by atoms with Crippen molar-refractivity contribution >= 4 is 98.3 Å². The van der Waals surface area contributed by atoms with Gasteiger partial charge in [-0.05, 0) is 148 Å². The number of nitrogens with one attached hydrogen (secondary N) is 4. The maximum absolute atomic E-state index is 13.6. The molecule has 119 heavy (non-hydrogen) atoms. The third-order valence-corrected chi connectivity index (χ3v) is 18.6. The number of amidine groups is 1.